The van der Waals surface area contributed by atoms with Crippen LogP contribution in [0.15, 0.2) is 94.7 Å². The summed E-state index contributed by atoms with van der Waals surface area (Å²) in [5.74, 6) is -0.197. The molecule has 0 spiro atoms. The molecule has 110 valence electrons. The molecule has 0 unspecified atom stereocenters. The number of halogens is 1. The Hall–Kier alpha value is -1.71. The maximum absolute atomic E-state index is 13.2. The van der Waals surface area contributed by atoms with Crippen molar-refractivity contribution >= 4 is 23.5 Å². The van der Waals surface area contributed by atoms with Crippen molar-refractivity contribution in [2.45, 2.75) is 14.4 Å². The molecule has 3 aromatic rings. The number of benzene rings is 3. The Morgan fingerprint density at radius 2 is 1.05 bits per heavy atom. The van der Waals surface area contributed by atoms with Gasteiger partial charge in [-0.15, -0.1) is 23.5 Å². The van der Waals surface area contributed by atoms with E-state index in [1.165, 1.54) is 21.9 Å². The first-order valence-electron chi connectivity index (χ1n) is 7.00. The number of rotatable bonds is 5. The van der Waals surface area contributed by atoms with Crippen molar-refractivity contribution in [3.05, 3.63) is 96.3 Å². The molecule has 0 radical (unpaired) electrons. The van der Waals surface area contributed by atoms with Crippen molar-refractivity contribution < 1.29 is 4.39 Å². The van der Waals surface area contributed by atoms with Crippen LogP contribution in [0.3, 0.4) is 0 Å². The zero-order valence-corrected chi connectivity index (χ0v) is 13.5. The standard InChI is InChI=1S/C19H15FS2/c20-16-13-11-15(12-14-16)19(21-17-7-3-1-4-8-17)22-18-9-5-2-6-10-18/h1-14,19H. The molecule has 0 saturated carbocycles. The molecule has 22 heavy (non-hydrogen) atoms. The second-order valence-electron chi connectivity index (χ2n) is 4.75. The minimum atomic E-state index is -0.197. The first kappa shape index (κ1) is 15.2. The van der Waals surface area contributed by atoms with Gasteiger partial charge in [-0.05, 0) is 42.0 Å². The Balaban J connectivity index is 1.86. The van der Waals surface area contributed by atoms with Gasteiger partial charge in [-0.1, -0.05) is 48.5 Å². The van der Waals surface area contributed by atoms with Gasteiger partial charge in [-0.2, -0.15) is 0 Å². The van der Waals surface area contributed by atoms with Crippen LogP contribution in [0.25, 0.3) is 0 Å². The second kappa shape index (κ2) is 7.52. The van der Waals surface area contributed by atoms with Crippen LogP contribution in [0.1, 0.15) is 10.1 Å². The molecule has 0 aliphatic heterocycles. The molecule has 0 amide bonds. The molecule has 3 heteroatoms. The van der Waals surface area contributed by atoms with Crippen LogP contribution in [0.5, 0.6) is 0 Å². The van der Waals surface area contributed by atoms with Crippen LogP contribution in [-0.4, -0.2) is 0 Å². The van der Waals surface area contributed by atoms with E-state index in [9.17, 15) is 4.39 Å². The van der Waals surface area contributed by atoms with Gasteiger partial charge < -0.3 is 0 Å². The summed E-state index contributed by atoms with van der Waals surface area (Å²) in [5.41, 5.74) is 1.11. The van der Waals surface area contributed by atoms with Crippen LogP contribution in [0.2, 0.25) is 0 Å². The SMILES string of the molecule is Fc1ccc(C(Sc2ccccc2)Sc2ccccc2)cc1. The summed E-state index contributed by atoms with van der Waals surface area (Å²) in [6.07, 6.45) is 0. The lowest BCUT2D eigenvalue weighted by atomic mass is 10.2. The van der Waals surface area contributed by atoms with Crippen molar-refractivity contribution in [3.8, 4) is 0 Å². The predicted octanol–water partition coefficient (Wildman–Crippen LogP) is 6.41. The normalized spacial score (nSPS) is 10.8. The molecule has 0 nitrogen and oxygen atoms in total. The Morgan fingerprint density at radius 3 is 1.50 bits per heavy atom. The van der Waals surface area contributed by atoms with Gasteiger partial charge in [0, 0.05) is 9.79 Å². The summed E-state index contributed by atoms with van der Waals surface area (Å²) in [5, 5.41) is 0. The molecule has 0 N–H and O–H groups in total. The van der Waals surface area contributed by atoms with Crippen molar-refractivity contribution in [2.24, 2.45) is 0 Å². The first-order chi connectivity index (χ1) is 10.8. The van der Waals surface area contributed by atoms with E-state index >= 15 is 0 Å². The Labute approximate surface area is 138 Å². The molecule has 3 rings (SSSR count). The third kappa shape index (κ3) is 4.15. The molecule has 0 aliphatic carbocycles. The lowest BCUT2D eigenvalue weighted by molar-refractivity contribution is 0.627. The molecule has 0 heterocycles. The quantitative estimate of drug-likeness (QED) is 0.392. The van der Waals surface area contributed by atoms with Crippen molar-refractivity contribution in [1.82, 2.24) is 0 Å². The first-order valence-corrected chi connectivity index (χ1v) is 8.76. The monoisotopic (exact) mass is 326 g/mol. The fraction of sp³-hybridized carbons (Fsp3) is 0.0526. The minimum Gasteiger partial charge on any atom is -0.207 e. The summed E-state index contributed by atoms with van der Waals surface area (Å²) < 4.78 is 13.4. The summed E-state index contributed by atoms with van der Waals surface area (Å²) in [4.78, 5) is 2.42. The van der Waals surface area contributed by atoms with Crippen molar-refractivity contribution in [2.75, 3.05) is 0 Å². The second-order valence-corrected chi connectivity index (χ2v) is 7.40. The van der Waals surface area contributed by atoms with Gasteiger partial charge in [0.2, 0.25) is 0 Å². The minimum absolute atomic E-state index is 0.186. The molecule has 0 bridgehead atoms. The molecular formula is C19H15FS2. The molecule has 0 aliphatic rings. The third-order valence-corrected chi connectivity index (χ3v) is 5.75. The van der Waals surface area contributed by atoms with E-state index < -0.39 is 0 Å². The van der Waals surface area contributed by atoms with Crippen LogP contribution in [-0.2, 0) is 0 Å². The molecule has 0 fully saturated rings. The van der Waals surface area contributed by atoms with E-state index in [1.807, 2.05) is 48.5 Å². The highest BCUT2D eigenvalue weighted by atomic mass is 32.2. The van der Waals surface area contributed by atoms with E-state index in [-0.39, 0.29) is 10.4 Å². The van der Waals surface area contributed by atoms with E-state index in [4.69, 9.17) is 0 Å². The van der Waals surface area contributed by atoms with Gasteiger partial charge in [0.1, 0.15) is 5.82 Å². The van der Waals surface area contributed by atoms with E-state index in [0.29, 0.717) is 0 Å². The summed E-state index contributed by atoms with van der Waals surface area (Å²) in [6, 6.07) is 27.4. The Bertz CT molecular complexity index is 655. The molecule has 0 saturated heterocycles. The highest BCUT2D eigenvalue weighted by molar-refractivity contribution is 8.16. The number of thioether (sulfide) groups is 2. The van der Waals surface area contributed by atoms with E-state index in [0.717, 1.165) is 5.56 Å². The van der Waals surface area contributed by atoms with Gasteiger partial charge in [-0.25, -0.2) is 4.39 Å². The van der Waals surface area contributed by atoms with Crippen LogP contribution >= 0.6 is 23.5 Å². The van der Waals surface area contributed by atoms with Crippen LogP contribution in [0, 0.1) is 5.82 Å². The van der Waals surface area contributed by atoms with Crippen LogP contribution in [0.4, 0.5) is 4.39 Å². The third-order valence-electron chi connectivity index (χ3n) is 3.11. The molecule has 0 aromatic heterocycles. The van der Waals surface area contributed by atoms with Gasteiger partial charge in [0.25, 0.3) is 0 Å². The molecule has 3 aromatic carbocycles. The van der Waals surface area contributed by atoms with E-state index in [2.05, 4.69) is 24.3 Å². The Kier molecular flexibility index (Phi) is 5.20. The zero-order chi connectivity index (χ0) is 15.2. The molecule has 0 atom stereocenters. The van der Waals surface area contributed by atoms with Gasteiger partial charge in [0.15, 0.2) is 0 Å². The Morgan fingerprint density at radius 1 is 0.591 bits per heavy atom. The van der Waals surface area contributed by atoms with Gasteiger partial charge in [-0.3, -0.25) is 0 Å². The highest BCUT2D eigenvalue weighted by Gasteiger charge is 2.15. The smallest absolute Gasteiger partial charge is 0.123 e. The highest BCUT2D eigenvalue weighted by Crippen LogP contribution is 2.46. The average Bonchev–Trinajstić information content (AvgIpc) is 2.57. The van der Waals surface area contributed by atoms with Gasteiger partial charge in [0.05, 0.1) is 4.58 Å². The fourth-order valence-corrected chi connectivity index (χ4v) is 4.59. The predicted molar refractivity (Wildman–Crippen MR) is 93.7 cm³/mol. The van der Waals surface area contributed by atoms with E-state index in [1.54, 1.807) is 23.5 Å². The maximum atomic E-state index is 13.2. The maximum Gasteiger partial charge on any atom is 0.123 e. The molecular weight excluding hydrogens is 311 g/mol. The van der Waals surface area contributed by atoms with Crippen LogP contribution < -0.4 is 0 Å². The van der Waals surface area contributed by atoms with Crippen molar-refractivity contribution in [1.29, 1.82) is 0 Å². The zero-order valence-electron chi connectivity index (χ0n) is 11.9. The summed E-state index contributed by atoms with van der Waals surface area (Å²) >= 11 is 3.57. The fourth-order valence-electron chi connectivity index (χ4n) is 2.03. The largest absolute Gasteiger partial charge is 0.207 e. The number of hydrogen-bond donors (Lipinski definition) is 0. The summed E-state index contributed by atoms with van der Waals surface area (Å²) in [7, 11) is 0. The van der Waals surface area contributed by atoms with Gasteiger partial charge >= 0.3 is 0 Å². The van der Waals surface area contributed by atoms with Crippen molar-refractivity contribution in [3.63, 3.8) is 0 Å². The lowest BCUT2D eigenvalue weighted by Crippen LogP contribution is -1.90. The lowest BCUT2D eigenvalue weighted by Gasteiger charge is -2.17. The topological polar surface area (TPSA) is 0 Å². The average molecular weight is 326 g/mol. The summed E-state index contributed by atoms with van der Waals surface area (Å²) in [6.45, 7) is 0. The number of hydrogen-bond acceptors (Lipinski definition) is 2.